The lowest BCUT2D eigenvalue weighted by molar-refractivity contribution is 0.00578. The van der Waals surface area contributed by atoms with Gasteiger partial charge in [-0.3, -0.25) is 0 Å². The number of para-hydroxylation sites is 2. The van der Waals surface area contributed by atoms with E-state index in [1.165, 1.54) is 97.7 Å². The average Bonchev–Trinajstić information content (AvgIpc) is 1.05. The van der Waals surface area contributed by atoms with Crippen LogP contribution >= 0.6 is 15.9 Å². The fraction of sp³-hybridized carbons (Fsp3) is 0.0517. The van der Waals surface area contributed by atoms with Gasteiger partial charge in [0.2, 0.25) is 0 Å². The van der Waals surface area contributed by atoms with Crippen LogP contribution in [0.25, 0.3) is 210 Å². The average molecular weight is 1680 g/mol. The highest BCUT2D eigenvalue weighted by Crippen LogP contribution is 2.47. The van der Waals surface area contributed by atoms with E-state index in [0.29, 0.717) is 5.82 Å². The van der Waals surface area contributed by atoms with Gasteiger partial charge in [-0.2, -0.15) is 0 Å². The molecule has 5 heterocycles. The molecule has 4 aromatic heterocycles. The van der Waals surface area contributed by atoms with E-state index in [4.69, 9.17) is 39.2 Å². The minimum Gasteiger partial charge on any atom is -0.399 e. The van der Waals surface area contributed by atoms with E-state index in [9.17, 15) is 0 Å². The Labute approximate surface area is 740 Å². The number of nitrogens with zero attached hydrogens (tertiary/aromatic N) is 6. The molecule has 0 saturated carbocycles. The van der Waals surface area contributed by atoms with Gasteiger partial charge in [-0.15, -0.1) is 0 Å². The van der Waals surface area contributed by atoms with Crippen molar-refractivity contribution in [3.05, 3.63) is 429 Å². The number of aromatic nitrogens is 6. The standard InChI is InChI=1S/C55H35N3.C33H28BNO2.C28H19BrN2/c1-3-13-36(14-4-1)37-23-29-40(30-24-37)50-35-51(58-55(57-50)43-15-5-2-6-16-43)41-31-25-38(26-32-41)39-27-33-42(34-28-39)54-53-47-20-10-8-18-45(47)44-17-7-9-19-46(44)52(53)48-21-11-12-22-49(48)56-54;1-32(2)33(3,4)37-34(36-32)22-19-17-21(18-20-22)31-30-26-14-8-6-12-24(26)23-11-5-7-13-25(23)29(30)27-15-9-10-16-28(27)35-31;29-25-17-15-23(16-18-25)27-19-26(30-28(31-27)24-9-5-2-6-10-24)22-13-11-21(12-14-22)20-7-3-1-4-8-20/h1-35H;5-20H,1-4H3;1-19H. The Bertz CT molecular complexity index is 7830. The van der Waals surface area contributed by atoms with Crippen LogP contribution < -0.4 is 5.46 Å². The Kier molecular flexibility index (Phi) is 20.7. The molecule has 0 N–H and O–H groups in total. The van der Waals surface area contributed by atoms with Crippen molar-refractivity contribution in [3.8, 4) is 124 Å². The van der Waals surface area contributed by atoms with Crippen LogP contribution in [0.1, 0.15) is 27.7 Å². The normalized spacial score (nSPS) is 12.8. The van der Waals surface area contributed by atoms with Crippen molar-refractivity contribution in [2.24, 2.45) is 0 Å². The lowest BCUT2D eigenvalue weighted by atomic mass is 9.78. The largest absolute Gasteiger partial charge is 0.494 e. The molecule has 126 heavy (non-hydrogen) atoms. The van der Waals surface area contributed by atoms with Gasteiger partial charge in [-0.1, -0.05) is 404 Å². The van der Waals surface area contributed by atoms with E-state index in [-0.39, 0.29) is 18.3 Å². The maximum atomic E-state index is 6.29. The summed E-state index contributed by atoms with van der Waals surface area (Å²) in [6.45, 7) is 8.34. The quantitative estimate of drug-likeness (QED) is 0.0882. The Morgan fingerprint density at radius 3 is 0.754 bits per heavy atom. The lowest BCUT2D eigenvalue weighted by Gasteiger charge is -2.32. The van der Waals surface area contributed by atoms with Gasteiger partial charge in [0, 0.05) is 81.3 Å². The van der Waals surface area contributed by atoms with E-state index in [2.05, 4.69) is 395 Å². The molecule has 23 rings (SSSR count). The van der Waals surface area contributed by atoms with Crippen LogP contribution in [0.3, 0.4) is 0 Å². The van der Waals surface area contributed by atoms with Gasteiger partial charge in [0.25, 0.3) is 0 Å². The first-order valence-corrected chi connectivity index (χ1v) is 43.5. The van der Waals surface area contributed by atoms with E-state index >= 15 is 0 Å². The third kappa shape index (κ3) is 15.1. The molecule has 10 heteroatoms. The van der Waals surface area contributed by atoms with Crippen LogP contribution in [0.15, 0.2) is 429 Å². The number of rotatable bonds is 12. The molecule has 1 aliphatic rings. The third-order valence-electron chi connectivity index (χ3n) is 24.8. The van der Waals surface area contributed by atoms with Gasteiger partial charge in [-0.05, 0) is 146 Å². The molecule has 0 radical (unpaired) electrons. The van der Waals surface area contributed by atoms with Crippen LogP contribution in [0.4, 0.5) is 0 Å². The molecular formula is C116H82BBrN6O2. The molecule has 18 aromatic carbocycles. The number of pyridine rings is 2. The van der Waals surface area contributed by atoms with Gasteiger partial charge in [0.05, 0.1) is 56.4 Å². The van der Waals surface area contributed by atoms with E-state index < -0.39 is 0 Å². The Morgan fingerprint density at radius 2 is 0.437 bits per heavy atom. The molecule has 0 bridgehead atoms. The summed E-state index contributed by atoms with van der Waals surface area (Å²) < 4.78 is 13.6. The van der Waals surface area contributed by atoms with Crippen molar-refractivity contribution >= 4 is 115 Å². The summed E-state index contributed by atoms with van der Waals surface area (Å²) in [4.78, 5) is 30.5. The number of hydrogen-bond donors (Lipinski definition) is 0. The first kappa shape index (κ1) is 78.2. The summed E-state index contributed by atoms with van der Waals surface area (Å²) in [7, 11) is -0.384. The third-order valence-corrected chi connectivity index (χ3v) is 25.3. The van der Waals surface area contributed by atoms with Gasteiger partial charge < -0.3 is 9.31 Å². The van der Waals surface area contributed by atoms with Crippen LogP contribution in [0, 0.1) is 0 Å². The Hall–Kier alpha value is -15.0. The summed E-state index contributed by atoms with van der Waals surface area (Å²) in [5.74, 6) is 1.43. The number of benzene rings is 18. The van der Waals surface area contributed by atoms with Gasteiger partial charge in [0.1, 0.15) is 0 Å². The Morgan fingerprint density at radius 1 is 0.206 bits per heavy atom. The zero-order valence-electron chi connectivity index (χ0n) is 69.9. The smallest absolute Gasteiger partial charge is 0.399 e. The second-order valence-electron chi connectivity index (χ2n) is 33.1. The van der Waals surface area contributed by atoms with Crippen molar-refractivity contribution in [1.29, 1.82) is 0 Å². The van der Waals surface area contributed by atoms with Crippen molar-refractivity contribution < 1.29 is 9.31 Å². The summed E-state index contributed by atoms with van der Waals surface area (Å²) in [6.07, 6.45) is 0. The topological polar surface area (TPSA) is 95.8 Å². The molecule has 0 atom stereocenters. The summed E-state index contributed by atoms with van der Waals surface area (Å²) in [6, 6.07) is 149. The van der Waals surface area contributed by atoms with Gasteiger partial charge >= 0.3 is 7.12 Å². The van der Waals surface area contributed by atoms with Gasteiger partial charge in [-0.25, -0.2) is 29.9 Å². The summed E-state index contributed by atoms with van der Waals surface area (Å²) >= 11 is 3.51. The summed E-state index contributed by atoms with van der Waals surface area (Å²) in [5.41, 5.74) is 23.3. The summed E-state index contributed by atoms with van der Waals surface area (Å²) in [5, 5.41) is 17.2. The zero-order chi connectivity index (χ0) is 84.8. The molecule has 22 aromatic rings. The van der Waals surface area contributed by atoms with Crippen molar-refractivity contribution in [2.75, 3.05) is 0 Å². The lowest BCUT2D eigenvalue weighted by Crippen LogP contribution is -2.41. The van der Waals surface area contributed by atoms with E-state index in [1.54, 1.807) is 0 Å². The number of halogens is 1. The first-order valence-electron chi connectivity index (χ1n) is 42.7. The highest BCUT2D eigenvalue weighted by atomic mass is 79.9. The predicted octanol–water partition coefficient (Wildman–Crippen LogP) is 30.1. The van der Waals surface area contributed by atoms with Crippen molar-refractivity contribution in [1.82, 2.24) is 29.9 Å². The van der Waals surface area contributed by atoms with Crippen LogP contribution in [-0.4, -0.2) is 48.2 Å². The molecule has 0 spiro atoms. The molecule has 1 fully saturated rings. The molecule has 8 nitrogen and oxygen atoms in total. The van der Waals surface area contributed by atoms with Crippen LogP contribution in [0.5, 0.6) is 0 Å². The minimum absolute atomic E-state index is 0.369. The van der Waals surface area contributed by atoms with Crippen molar-refractivity contribution in [2.45, 2.75) is 38.9 Å². The first-order chi connectivity index (χ1) is 61.8. The number of hydrogen-bond acceptors (Lipinski definition) is 8. The fourth-order valence-corrected chi connectivity index (χ4v) is 17.8. The van der Waals surface area contributed by atoms with E-state index in [1.807, 2.05) is 72.8 Å². The molecule has 1 aliphatic heterocycles. The maximum absolute atomic E-state index is 6.29. The minimum atomic E-state index is -0.384. The molecule has 1 saturated heterocycles. The fourth-order valence-electron chi connectivity index (χ4n) is 17.6. The highest BCUT2D eigenvalue weighted by Gasteiger charge is 2.51. The van der Waals surface area contributed by atoms with Crippen LogP contribution in [-0.2, 0) is 9.31 Å². The van der Waals surface area contributed by atoms with E-state index in [0.717, 1.165) is 117 Å². The predicted molar refractivity (Wildman–Crippen MR) is 529 cm³/mol. The maximum Gasteiger partial charge on any atom is 0.494 e. The molecule has 598 valence electrons. The zero-order valence-corrected chi connectivity index (χ0v) is 71.5. The van der Waals surface area contributed by atoms with Crippen molar-refractivity contribution in [3.63, 3.8) is 0 Å². The van der Waals surface area contributed by atoms with Crippen LogP contribution in [0.2, 0.25) is 0 Å². The monoisotopic (exact) mass is 1680 g/mol. The molecular weight excluding hydrogens is 1600 g/mol. The molecule has 0 aliphatic carbocycles. The second-order valence-corrected chi connectivity index (χ2v) is 34.0. The molecule has 0 unspecified atom stereocenters. The SMILES string of the molecule is Brc1ccc(-c2cc(-c3ccc(-c4ccccc4)cc3)nc(-c3ccccc3)n2)cc1.CC1(C)OB(c2ccc(-c3nc4ccccc4c4c5ccccc5c5ccccc5c34)cc2)OC1(C)C.c1ccc(-c2ccc(-c3cc(-c4ccc(-c5ccc(-c6nc7ccccc7c7c8ccccc8c8ccccc8c67)cc5)cc4)nc(-c4ccccc4)n3)cc2)cc1. The number of fused-ring (bicyclic) bond motifs is 16. The molecule has 0 amide bonds. The highest BCUT2D eigenvalue weighted by molar-refractivity contribution is 9.10. The second kappa shape index (κ2) is 33.3. The van der Waals surface area contributed by atoms with Gasteiger partial charge in [0.15, 0.2) is 11.6 Å². The Balaban J connectivity index is 0.000000123.